The Kier molecular flexibility index (Phi) is 5.56. The molecular formula is C15H22N2O5S2. The Morgan fingerprint density at radius 1 is 1.42 bits per heavy atom. The van der Waals surface area contributed by atoms with E-state index >= 15 is 0 Å². The minimum atomic E-state index is -3.66. The van der Waals surface area contributed by atoms with Gasteiger partial charge >= 0.3 is 0 Å². The van der Waals surface area contributed by atoms with E-state index < -0.39 is 16.1 Å². The molecule has 3 rings (SSSR count). The highest BCUT2D eigenvalue weighted by Crippen LogP contribution is 2.25. The molecule has 2 saturated heterocycles. The first-order valence-electron chi connectivity index (χ1n) is 8.05. The lowest BCUT2D eigenvalue weighted by molar-refractivity contribution is -0.140. The van der Waals surface area contributed by atoms with Gasteiger partial charge in [0.15, 0.2) is 6.29 Å². The van der Waals surface area contributed by atoms with E-state index in [1.807, 2.05) is 0 Å². The van der Waals surface area contributed by atoms with Crippen molar-refractivity contribution >= 4 is 27.3 Å². The van der Waals surface area contributed by atoms with E-state index in [-0.39, 0.29) is 22.3 Å². The van der Waals surface area contributed by atoms with Gasteiger partial charge in [0, 0.05) is 19.0 Å². The SMILES string of the molecule is CC(NS(=O)(=O)c1cccs1)C(=O)N1CCCC(C2OCCO2)C1. The molecule has 9 heteroatoms. The fourth-order valence-corrected chi connectivity index (χ4v) is 5.32. The van der Waals surface area contributed by atoms with Crippen molar-refractivity contribution in [3.05, 3.63) is 17.5 Å². The van der Waals surface area contributed by atoms with E-state index in [0.29, 0.717) is 26.3 Å². The summed E-state index contributed by atoms with van der Waals surface area (Å²) in [4.78, 5) is 14.3. The van der Waals surface area contributed by atoms with Crippen LogP contribution in [0.3, 0.4) is 0 Å². The number of hydrogen-bond acceptors (Lipinski definition) is 6. The predicted octanol–water partition coefficient (Wildman–Crippen LogP) is 1.03. The van der Waals surface area contributed by atoms with Gasteiger partial charge in [0.2, 0.25) is 5.91 Å². The van der Waals surface area contributed by atoms with Crippen molar-refractivity contribution in [3.8, 4) is 0 Å². The molecule has 0 saturated carbocycles. The molecule has 1 N–H and O–H groups in total. The van der Waals surface area contributed by atoms with Crippen LogP contribution in [0.15, 0.2) is 21.7 Å². The van der Waals surface area contributed by atoms with Gasteiger partial charge in [-0.1, -0.05) is 6.07 Å². The molecular weight excluding hydrogens is 352 g/mol. The molecule has 2 aliphatic rings. The van der Waals surface area contributed by atoms with Crippen LogP contribution in [0, 0.1) is 5.92 Å². The molecule has 0 aliphatic carbocycles. The molecule has 2 aliphatic heterocycles. The van der Waals surface area contributed by atoms with Gasteiger partial charge in [-0.3, -0.25) is 4.79 Å². The maximum absolute atomic E-state index is 12.6. The lowest BCUT2D eigenvalue weighted by Gasteiger charge is -2.36. The van der Waals surface area contributed by atoms with Crippen molar-refractivity contribution in [2.75, 3.05) is 26.3 Å². The summed E-state index contributed by atoms with van der Waals surface area (Å²) >= 11 is 1.13. The number of nitrogens with zero attached hydrogens (tertiary/aromatic N) is 1. The molecule has 1 aromatic heterocycles. The molecule has 1 aromatic rings. The minimum absolute atomic E-state index is 0.145. The minimum Gasteiger partial charge on any atom is -0.350 e. The van der Waals surface area contributed by atoms with Crippen LogP contribution in [0.2, 0.25) is 0 Å². The molecule has 24 heavy (non-hydrogen) atoms. The van der Waals surface area contributed by atoms with E-state index in [0.717, 1.165) is 24.2 Å². The average molecular weight is 374 g/mol. The second kappa shape index (κ2) is 7.49. The molecule has 1 amide bonds. The van der Waals surface area contributed by atoms with Crippen LogP contribution in [0.5, 0.6) is 0 Å². The Labute approximate surface area is 146 Å². The lowest BCUT2D eigenvalue weighted by atomic mass is 9.97. The van der Waals surface area contributed by atoms with Crippen LogP contribution < -0.4 is 4.72 Å². The average Bonchev–Trinajstić information content (AvgIpc) is 3.27. The molecule has 134 valence electrons. The Hall–Kier alpha value is -1.00. The largest absolute Gasteiger partial charge is 0.350 e. The standard InChI is InChI=1S/C15H22N2O5S2/c1-11(16-24(19,20)13-5-3-9-23-13)14(18)17-6-2-4-12(10-17)15-21-7-8-22-15/h3,5,9,11-12,15-16H,2,4,6-8,10H2,1H3. The number of thiophene rings is 1. The van der Waals surface area contributed by atoms with Crippen molar-refractivity contribution in [3.63, 3.8) is 0 Å². The zero-order valence-corrected chi connectivity index (χ0v) is 15.1. The molecule has 0 radical (unpaired) electrons. The van der Waals surface area contributed by atoms with Gasteiger partial charge in [-0.2, -0.15) is 4.72 Å². The van der Waals surface area contributed by atoms with Crippen LogP contribution in [0.25, 0.3) is 0 Å². The summed E-state index contributed by atoms with van der Waals surface area (Å²) in [5.41, 5.74) is 0. The number of hydrogen-bond donors (Lipinski definition) is 1. The molecule has 0 spiro atoms. The summed E-state index contributed by atoms with van der Waals surface area (Å²) in [6.07, 6.45) is 1.56. The number of carbonyl (C=O) groups excluding carboxylic acids is 1. The van der Waals surface area contributed by atoms with Gasteiger partial charge in [0.25, 0.3) is 10.0 Å². The quantitative estimate of drug-likeness (QED) is 0.832. The fourth-order valence-electron chi connectivity index (χ4n) is 3.11. The first kappa shape index (κ1) is 17.8. The molecule has 7 nitrogen and oxygen atoms in total. The first-order chi connectivity index (χ1) is 11.5. The van der Waals surface area contributed by atoms with Gasteiger partial charge in [0.1, 0.15) is 4.21 Å². The third-order valence-corrected chi connectivity index (χ3v) is 7.20. The van der Waals surface area contributed by atoms with Gasteiger partial charge < -0.3 is 14.4 Å². The summed E-state index contributed by atoms with van der Waals surface area (Å²) in [6.45, 7) is 3.93. The van der Waals surface area contributed by atoms with E-state index in [1.165, 1.54) is 6.07 Å². The Morgan fingerprint density at radius 3 is 2.83 bits per heavy atom. The third-order valence-electron chi connectivity index (χ3n) is 4.26. The number of carbonyl (C=O) groups is 1. The van der Waals surface area contributed by atoms with Crippen LogP contribution in [-0.2, 0) is 24.3 Å². The first-order valence-corrected chi connectivity index (χ1v) is 10.4. The third kappa shape index (κ3) is 3.97. The monoisotopic (exact) mass is 374 g/mol. The van der Waals surface area contributed by atoms with Gasteiger partial charge in [-0.05, 0) is 31.2 Å². The Balaban J connectivity index is 1.60. The second-order valence-corrected chi connectivity index (χ2v) is 8.96. The fraction of sp³-hybridized carbons (Fsp3) is 0.667. The van der Waals surface area contributed by atoms with E-state index in [9.17, 15) is 13.2 Å². The van der Waals surface area contributed by atoms with E-state index in [2.05, 4.69) is 4.72 Å². The van der Waals surface area contributed by atoms with Crippen LogP contribution in [0.1, 0.15) is 19.8 Å². The van der Waals surface area contributed by atoms with Crippen molar-refractivity contribution < 1.29 is 22.7 Å². The molecule has 3 heterocycles. The molecule has 2 atom stereocenters. The smallest absolute Gasteiger partial charge is 0.250 e. The second-order valence-electron chi connectivity index (χ2n) is 6.07. The number of piperidine rings is 1. The summed E-state index contributed by atoms with van der Waals surface area (Å²) in [5, 5.41) is 1.69. The zero-order chi connectivity index (χ0) is 17.2. The highest BCUT2D eigenvalue weighted by atomic mass is 32.2. The maximum atomic E-state index is 12.6. The van der Waals surface area contributed by atoms with Crippen molar-refractivity contribution in [1.29, 1.82) is 0 Å². The molecule has 2 unspecified atom stereocenters. The summed E-state index contributed by atoms with van der Waals surface area (Å²) < 4.78 is 38.3. The summed E-state index contributed by atoms with van der Waals surface area (Å²) in [6, 6.07) is 2.39. The number of likely N-dealkylation sites (tertiary alicyclic amines) is 1. The number of ether oxygens (including phenoxy) is 2. The van der Waals surface area contributed by atoms with Gasteiger partial charge in [-0.15, -0.1) is 11.3 Å². The summed E-state index contributed by atoms with van der Waals surface area (Å²) in [5.74, 6) is -0.0656. The summed E-state index contributed by atoms with van der Waals surface area (Å²) in [7, 11) is -3.66. The van der Waals surface area contributed by atoms with Gasteiger partial charge in [0.05, 0.1) is 19.3 Å². The highest BCUT2D eigenvalue weighted by molar-refractivity contribution is 7.91. The predicted molar refractivity (Wildman–Crippen MR) is 89.1 cm³/mol. The van der Waals surface area contributed by atoms with Gasteiger partial charge in [-0.25, -0.2) is 8.42 Å². The van der Waals surface area contributed by atoms with Crippen molar-refractivity contribution in [2.45, 2.75) is 36.3 Å². The number of nitrogens with one attached hydrogen (secondary N) is 1. The molecule has 0 aromatic carbocycles. The Bertz CT molecular complexity index is 655. The van der Waals surface area contributed by atoms with Crippen LogP contribution >= 0.6 is 11.3 Å². The number of rotatable bonds is 5. The maximum Gasteiger partial charge on any atom is 0.250 e. The Morgan fingerprint density at radius 2 is 2.17 bits per heavy atom. The topological polar surface area (TPSA) is 84.9 Å². The zero-order valence-electron chi connectivity index (χ0n) is 13.5. The lowest BCUT2D eigenvalue weighted by Crippen LogP contribution is -2.51. The van der Waals surface area contributed by atoms with Crippen molar-refractivity contribution in [1.82, 2.24) is 9.62 Å². The van der Waals surface area contributed by atoms with E-state index in [4.69, 9.17) is 9.47 Å². The van der Waals surface area contributed by atoms with E-state index in [1.54, 1.807) is 23.3 Å². The van der Waals surface area contributed by atoms with Crippen molar-refractivity contribution in [2.24, 2.45) is 5.92 Å². The number of amides is 1. The highest BCUT2D eigenvalue weighted by Gasteiger charge is 2.34. The van der Waals surface area contributed by atoms with Crippen LogP contribution in [-0.4, -0.2) is 57.9 Å². The normalized spacial score (nSPS) is 24.2. The molecule has 2 fully saturated rings. The molecule has 0 bridgehead atoms. The number of sulfonamides is 1. The van der Waals surface area contributed by atoms with Crippen LogP contribution in [0.4, 0.5) is 0 Å².